The monoisotopic (exact) mass is 154 g/mol. The predicted octanol–water partition coefficient (Wildman–Crippen LogP) is 1.06. The minimum Gasteiger partial charge on any atom is -0.460 e. The van der Waals surface area contributed by atoms with Crippen LogP contribution in [-0.2, 0) is 4.74 Å². The van der Waals surface area contributed by atoms with Crippen LogP contribution in [0.1, 0.15) is 17.0 Å². The van der Waals surface area contributed by atoms with Gasteiger partial charge in [0.1, 0.15) is 0 Å². The first-order valence-electron chi connectivity index (χ1n) is 3.19. The molecule has 1 heterocycles. The van der Waals surface area contributed by atoms with E-state index in [1.54, 1.807) is 0 Å². The molecule has 1 aromatic heterocycles. The highest BCUT2D eigenvalue weighted by Crippen LogP contribution is 1.99. The normalized spacial score (nSPS) is 9.55. The lowest BCUT2D eigenvalue weighted by molar-refractivity contribution is 0.0474. The molecule has 59 valence electrons. The second-order valence-corrected chi connectivity index (χ2v) is 1.86. The average molecular weight is 154 g/mol. The van der Waals surface area contributed by atoms with E-state index in [4.69, 9.17) is 4.74 Å². The SMILES string of the molecule is [CH2]CCOC(=O)c1cnco1. The maximum absolute atomic E-state index is 10.9. The van der Waals surface area contributed by atoms with Gasteiger partial charge in [-0.05, 0) is 13.3 Å². The van der Waals surface area contributed by atoms with Crippen LogP contribution in [0, 0.1) is 6.92 Å². The molecule has 1 aromatic rings. The molecular formula is C7H8NO3. The maximum Gasteiger partial charge on any atom is 0.375 e. The maximum atomic E-state index is 10.9. The van der Waals surface area contributed by atoms with Crippen LogP contribution in [-0.4, -0.2) is 17.6 Å². The summed E-state index contributed by atoms with van der Waals surface area (Å²) in [6.45, 7) is 3.82. The summed E-state index contributed by atoms with van der Waals surface area (Å²) in [5.74, 6) is -0.371. The van der Waals surface area contributed by atoms with Gasteiger partial charge in [-0.2, -0.15) is 0 Å². The highest BCUT2D eigenvalue weighted by molar-refractivity contribution is 5.85. The third kappa shape index (κ3) is 2.07. The molecule has 0 bridgehead atoms. The number of ether oxygens (including phenoxy) is 1. The van der Waals surface area contributed by atoms with Gasteiger partial charge in [-0.15, -0.1) is 0 Å². The summed E-state index contributed by atoms with van der Waals surface area (Å²) in [7, 11) is 0. The topological polar surface area (TPSA) is 52.3 Å². The zero-order valence-corrected chi connectivity index (χ0v) is 5.95. The van der Waals surface area contributed by atoms with E-state index >= 15 is 0 Å². The number of oxazole rings is 1. The van der Waals surface area contributed by atoms with E-state index in [0.29, 0.717) is 13.0 Å². The molecule has 0 aliphatic heterocycles. The van der Waals surface area contributed by atoms with E-state index < -0.39 is 5.97 Å². The number of hydrogen-bond donors (Lipinski definition) is 0. The largest absolute Gasteiger partial charge is 0.460 e. The van der Waals surface area contributed by atoms with Gasteiger partial charge in [0.25, 0.3) is 0 Å². The standard InChI is InChI=1S/C7H8NO3/c1-2-3-10-7(9)6-4-8-5-11-6/h4-5H,1-3H2. The van der Waals surface area contributed by atoms with Gasteiger partial charge in [0.05, 0.1) is 12.8 Å². The molecule has 1 radical (unpaired) electrons. The van der Waals surface area contributed by atoms with Crippen molar-refractivity contribution in [1.29, 1.82) is 0 Å². The van der Waals surface area contributed by atoms with E-state index in [-0.39, 0.29) is 5.76 Å². The van der Waals surface area contributed by atoms with Crippen molar-refractivity contribution in [3.8, 4) is 0 Å². The predicted molar refractivity (Wildman–Crippen MR) is 36.8 cm³/mol. The molecule has 0 aliphatic carbocycles. The summed E-state index contributed by atoms with van der Waals surface area (Å²) in [6, 6.07) is 0. The molecule has 0 spiro atoms. The Hall–Kier alpha value is -1.32. The van der Waals surface area contributed by atoms with Gasteiger partial charge in [-0.3, -0.25) is 0 Å². The highest BCUT2D eigenvalue weighted by atomic mass is 16.5. The fourth-order valence-corrected chi connectivity index (χ4v) is 0.553. The molecule has 0 fully saturated rings. The first kappa shape index (κ1) is 7.78. The lowest BCUT2D eigenvalue weighted by Crippen LogP contribution is -2.04. The Morgan fingerprint density at radius 1 is 1.82 bits per heavy atom. The van der Waals surface area contributed by atoms with Gasteiger partial charge in [0.15, 0.2) is 6.39 Å². The molecule has 0 atom stereocenters. The Kier molecular flexibility index (Phi) is 2.66. The van der Waals surface area contributed by atoms with Crippen LogP contribution in [0.25, 0.3) is 0 Å². The van der Waals surface area contributed by atoms with Crippen molar-refractivity contribution in [2.45, 2.75) is 6.42 Å². The van der Waals surface area contributed by atoms with Crippen molar-refractivity contribution in [1.82, 2.24) is 4.98 Å². The molecule has 4 nitrogen and oxygen atoms in total. The molecule has 0 aromatic carbocycles. The minimum atomic E-state index is -0.494. The van der Waals surface area contributed by atoms with Crippen molar-refractivity contribution >= 4 is 5.97 Å². The molecule has 1 rings (SSSR count). The van der Waals surface area contributed by atoms with Gasteiger partial charge in [0.2, 0.25) is 5.76 Å². The fraction of sp³-hybridized carbons (Fsp3) is 0.286. The smallest absolute Gasteiger partial charge is 0.375 e. The molecule has 4 heteroatoms. The average Bonchev–Trinajstić information content (AvgIpc) is 2.52. The third-order valence-corrected chi connectivity index (χ3v) is 1.01. The van der Waals surface area contributed by atoms with Crippen LogP contribution in [0.4, 0.5) is 0 Å². The van der Waals surface area contributed by atoms with Crippen molar-refractivity contribution in [2.75, 3.05) is 6.61 Å². The lowest BCUT2D eigenvalue weighted by Gasteiger charge is -1.97. The second-order valence-electron chi connectivity index (χ2n) is 1.86. The second kappa shape index (κ2) is 3.75. The number of aromatic nitrogens is 1. The van der Waals surface area contributed by atoms with Crippen LogP contribution in [0.5, 0.6) is 0 Å². The molecule has 11 heavy (non-hydrogen) atoms. The summed E-state index contributed by atoms with van der Waals surface area (Å²) < 4.78 is 9.39. The summed E-state index contributed by atoms with van der Waals surface area (Å²) in [6.07, 6.45) is 3.05. The van der Waals surface area contributed by atoms with Crippen LogP contribution in [0.2, 0.25) is 0 Å². The summed E-state index contributed by atoms with van der Waals surface area (Å²) in [5.41, 5.74) is 0. The summed E-state index contributed by atoms with van der Waals surface area (Å²) >= 11 is 0. The van der Waals surface area contributed by atoms with E-state index in [0.717, 1.165) is 0 Å². The van der Waals surface area contributed by atoms with Gasteiger partial charge in [-0.25, -0.2) is 9.78 Å². The Morgan fingerprint density at radius 3 is 3.18 bits per heavy atom. The molecular weight excluding hydrogens is 146 g/mol. The highest BCUT2D eigenvalue weighted by Gasteiger charge is 2.08. The van der Waals surface area contributed by atoms with Crippen molar-refractivity contribution < 1.29 is 13.9 Å². The van der Waals surface area contributed by atoms with E-state index in [1.807, 2.05) is 0 Å². The zero-order valence-electron chi connectivity index (χ0n) is 5.95. The third-order valence-electron chi connectivity index (χ3n) is 1.01. The van der Waals surface area contributed by atoms with Gasteiger partial charge >= 0.3 is 5.97 Å². The quantitative estimate of drug-likeness (QED) is 0.611. The number of hydrogen-bond acceptors (Lipinski definition) is 4. The first-order valence-corrected chi connectivity index (χ1v) is 3.19. The van der Waals surface area contributed by atoms with Crippen LogP contribution in [0.15, 0.2) is 17.0 Å². The molecule has 0 saturated carbocycles. The summed E-state index contributed by atoms with van der Waals surface area (Å²) in [4.78, 5) is 14.4. The number of carbonyl (C=O) groups is 1. The zero-order chi connectivity index (χ0) is 8.10. The van der Waals surface area contributed by atoms with Crippen LogP contribution >= 0.6 is 0 Å². The fourth-order valence-electron chi connectivity index (χ4n) is 0.553. The van der Waals surface area contributed by atoms with Crippen LogP contribution < -0.4 is 0 Å². The van der Waals surface area contributed by atoms with E-state index in [1.165, 1.54) is 12.6 Å². The molecule has 0 saturated heterocycles. The number of carbonyl (C=O) groups excluding carboxylic acids is 1. The summed E-state index contributed by atoms with van der Waals surface area (Å²) in [5, 5.41) is 0. The lowest BCUT2D eigenvalue weighted by atomic mass is 10.5. The van der Waals surface area contributed by atoms with Crippen molar-refractivity contribution in [3.63, 3.8) is 0 Å². The number of nitrogens with zero attached hydrogens (tertiary/aromatic N) is 1. The molecule has 0 unspecified atom stereocenters. The Morgan fingerprint density at radius 2 is 2.64 bits per heavy atom. The minimum absolute atomic E-state index is 0.124. The Balaban J connectivity index is 2.43. The molecule has 0 N–H and O–H groups in total. The first-order chi connectivity index (χ1) is 5.34. The molecule has 0 aliphatic rings. The Bertz CT molecular complexity index is 218. The molecule has 0 amide bonds. The van der Waals surface area contributed by atoms with Crippen molar-refractivity contribution in [2.24, 2.45) is 0 Å². The Labute approximate surface area is 64.2 Å². The van der Waals surface area contributed by atoms with Crippen molar-refractivity contribution in [3.05, 3.63) is 25.3 Å². The number of esters is 1. The van der Waals surface area contributed by atoms with E-state index in [2.05, 4.69) is 16.3 Å². The van der Waals surface area contributed by atoms with Gasteiger partial charge in [-0.1, -0.05) is 0 Å². The van der Waals surface area contributed by atoms with Crippen LogP contribution in [0.3, 0.4) is 0 Å². The van der Waals surface area contributed by atoms with Gasteiger partial charge < -0.3 is 9.15 Å². The van der Waals surface area contributed by atoms with Gasteiger partial charge in [0, 0.05) is 0 Å². The van der Waals surface area contributed by atoms with E-state index in [9.17, 15) is 4.79 Å². The number of rotatable bonds is 3.